The molecule has 0 amide bonds. The summed E-state index contributed by atoms with van der Waals surface area (Å²) in [4.78, 5) is 3.03. The van der Waals surface area contributed by atoms with Crippen molar-refractivity contribution in [3.05, 3.63) is 28.8 Å². The van der Waals surface area contributed by atoms with Crippen LogP contribution >= 0.6 is 11.6 Å². The Bertz CT molecular complexity index is 341. The largest absolute Gasteiger partial charge is 0.418 e. The van der Waals surface area contributed by atoms with Crippen LogP contribution in [0.4, 0.5) is 17.6 Å². The zero-order chi connectivity index (χ0) is 10.9. The third-order valence-electron chi connectivity index (χ3n) is 1.48. The van der Waals surface area contributed by atoms with Gasteiger partial charge in [0, 0.05) is 11.8 Å². The van der Waals surface area contributed by atoms with Crippen LogP contribution in [0.2, 0.25) is 5.02 Å². The fourth-order valence-electron chi connectivity index (χ4n) is 0.819. The van der Waals surface area contributed by atoms with Gasteiger partial charge in [-0.25, -0.2) is 4.98 Å². The first kappa shape index (κ1) is 11.2. The molecule has 1 N–H and O–H groups in total. The van der Waals surface area contributed by atoms with E-state index in [4.69, 9.17) is 16.7 Å². The molecule has 1 atom stereocenters. The minimum Gasteiger partial charge on any atom is -0.379 e. The second kappa shape index (κ2) is 3.70. The third-order valence-corrected chi connectivity index (χ3v) is 1.86. The number of pyridine rings is 1. The van der Waals surface area contributed by atoms with E-state index in [1.54, 1.807) is 0 Å². The van der Waals surface area contributed by atoms with Gasteiger partial charge in [0.15, 0.2) is 6.10 Å². The maximum Gasteiger partial charge on any atom is 0.418 e. The quantitative estimate of drug-likeness (QED) is 0.593. The molecule has 1 aromatic heterocycles. The van der Waals surface area contributed by atoms with Gasteiger partial charge in [0.1, 0.15) is 5.02 Å². The minimum absolute atomic E-state index is 0.744. The van der Waals surface area contributed by atoms with Gasteiger partial charge in [0.2, 0.25) is 5.95 Å². The first-order chi connectivity index (χ1) is 6.34. The van der Waals surface area contributed by atoms with Crippen molar-refractivity contribution in [3.8, 4) is 0 Å². The molecular weight excluding hydrogens is 226 g/mol. The lowest BCUT2D eigenvalue weighted by molar-refractivity contribution is -0.206. The molecule has 7 heteroatoms. The SMILES string of the molecule is OC(c1ccnc(F)c1Cl)C(F)(F)F. The molecule has 0 aromatic carbocycles. The smallest absolute Gasteiger partial charge is 0.379 e. The highest BCUT2D eigenvalue weighted by Gasteiger charge is 2.40. The fraction of sp³-hybridized carbons (Fsp3) is 0.286. The van der Waals surface area contributed by atoms with Crippen LogP contribution in [0.25, 0.3) is 0 Å². The molecule has 0 aliphatic rings. The lowest BCUT2D eigenvalue weighted by Gasteiger charge is -2.15. The van der Waals surface area contributed by atoms with Crippen molar-refractivity contribution in [3.63, 3.8) is 0 Å². The summed E-state index contributed by atoms with van der Waals surface area (Å²) in [6.45, 7) is 0. The molecule has 2 nitrogen and oxygen atoms in total. The van der Waals surface area contributed by atoms with Crippen LogP contribution in [-0.4, -0.2) is 16.3 Å². The van der Waals surface area contributed by atoms with Crippen molar-refractivity contribution < 1.29 is 22.7 Å². The van der Waals surface area contributed by atoms with Gasteiger partial charge in [-0.3, -0.25) is 0 Å². The molecule has 0 saturated heterocycles. The number of nitrogens with zero attached hydrogens (tertiary/aromatic N) is 1. The number of aromatic nitrogens is 1. The first-order valence-corrected chi connectivity index (χ1v) is 3.76. The van der Waals surface area contributed by atoms with E-state index >= 15 is 0 Å². The molecule has 0 fully saturated rings. The molecule has 0 radical (unpaired) electrons. The Labute approximate surface area is 81.1 Å². The fourth-order valence-corrected chi connectivity index (χ4v) is 1.03. The molecule has 78 valence electrons. The Kier molecular flexibility index (Phi) is 2.96. The van der Waals surface area contributed by atoms with Crippen LogP contribution in [0.15, 0.2) is 12.3 Å². The van der Waals surface area contributed by atoms with E-state index < -0.39 is 28.8 Å². The molecule has 0 aliphatic heterocycles. The lowest BCUT2D eigenvalue weighted by atomic mass is 10.1. The Morgan fingerprint density at radius 1 is 1.43 bits per heavy atom. The minimum atomic E-state index is -4.88. The Morgan fingerprint density at radius 3 is 2.50 bits per heavy atom. The molecule has 14 heavy (non-hydrogen) atoms. The maximum atomic E-state index is 12.6. The number of halogens is 5. The normalized spacial score (nSPS) is 14.1. The molecule has 1 unspecified atom stereocenters. The highest BCUT2D eigenvalue weighted by molar-refractivity contribution is 6.31. The van der Waals surface area contributed by atoms with E-state index in [-0.39, 0.29) is 0 Å². The number of aliphatic hydroxyl groups is 1. The number of hydrogen-bond acceptors (Lipinski definition) is 2. The summed E-state index contributed by atoms with van der Waals surface area (Å²) in [5.74, 6) is -1.24. The predicted octanol–water partition coefficient (Wildman–Crippen LogP) is 2.47. The van der Waals surface area contributed by atoms with Gasteiger partial charge in [0.05, 0.1) is 0 Å². The highest BCUT2D eigenvalue weighted by Crippen LogP contribution is 2.35. The number of rotatable bonds is 1. The van der Waals surface area contributed by atoms with E-state index in [1.165, 1.54) is 0 Å². The predicted molar refractivity (Wildman–Crippen MR) is 40.2 cm³/mol. The van der Waals surface area contributed by atoms with Gasteiger partial charge in [-0.15, -0.1) is 0 Å². The number of hydrogen-bond donors (Lipinski definition) is 1. The lowest BCUT2D eigenvalue weighted by Crippen LogP contribution is -2.20. The topological polar surface area (TPSA) is 33.1 Å². The number of aliphatic hydroxyl groups excluding tert-OH is 1. The zero-order valence-electron chi connectivity index (χ0n) is 6.52. The Morgan fingerprint density at radius 2 is 2.00 bits per heavy atom. The van der Waals surface area contributed by atoms with Crippen LogP contribution in [0.1, 0.15) is 11.7 Å². The summed E-state index contributed by atoms with van der Waals surface area (Å²) in [5.41, 5.74) is -0.744. The summed E-state index contributed by atoms with van der Waals surface area (Å²) in [6.07, 6.45) is -6.88. The van der Waals surface area contributed by atoms with Crippen LogP contribution in [-0.2, 0) is 0 Å². The molecule has 0 aliphatic carbocycles. The summed E-state index contributed by atoms with van der Waals surface area (Å²) < 4.78 is 48.6. The van der Waals surface area contributed by atoms with Gasteiger partial charge in [-0.2, -0.15) is 17.6 Å². The molecular formula is C7H4ClF4NO. The van der Waals surface area contributed by atoms with E-state index in [2.05, 4.69) is 4.98 Å². The van der Waals surface area contributed by atoms with Crippen molar-refractivity contribution in [1.29, 1.82) is 0 Å². The standard InChI is InChI=1S/C7H4ClF4NO/c8-4-3(1-2-13-6(4)9)5(14)7(10,11)12/h1-2,5,14H. The van der Waals surface area contributed by atoms with E-state index in [0.29, 0.717) is 0 Å². The molecule has 1 aromatic rings. The van der Waals surface area contributed by atoms with Crippen LogP contribution in [0.3, 0.4) is 0 Å². The summed E-state index contributed by atoms with van der Waals surface area (Å²) in [5, 5.41) is 7.94. The molecule has 0 bridgehead atoms. The van der Waals surface area contributed by atoms with Crippen LogP contribution < -0.4 is 0 Å². The average Bonchev–Trinajstić information content (AvgIpc) is 2.07. The summed E-state index contributed by atoms with van der Waals surface area (Å²) in [6, 6.07) is 0.809. The maximum absolute atomic E-state index is 12.6. The van der Waals surface area contributed by atoms with E-state index in [1.807, 2.05) is 0 Å². The van der Waals surface area contributed by atoms with Crippen LogP contribution in [0, 0.1) is 5.95 Å². The second-order valence-corrected chi connectivity index (χ2v) is 2.83. The van der Waals surface area contributed by atoms with Gasteiger partial charge >= 0.3 is 6.18 Å². The molecule has 1 heterocycles. The Balaban J connectivity index is 3.14. The summed E-state index contributed by atoms with van der Waals surface area (Å²) >= 11 is 5.20. The highest BCUT2D eigenvalue weighted by atomic mass is 35.5. The Hall–Kier alpha value is -0.880. The first-order valence-electron chi connectivity index (χ1n) is 3.38. The van der Waals surface area contributed by atoms with Crippen LogP contribution in [0.5, 0.6) is 0 Å². The van der Waals surface area contributed by atoms with Crippen molar-refractivity contribution in [2.45, 2.75) is 12.3 Å². The van der Waals surface area contributed by atoms with Crippen molar-refractivity contribution in [1.82, 2.24) is 4.98 Å². The second-order valence-electron chi connectivity index (χ2n) is 2.45. The van der Waals surface area contributed by atoms with Gasteiger partial charge < -0.3 is 5.11 Å². The van der Waals surface area contributed by atoms with Crippen molar-refractivity contribution in [2.75, 3.05) is 0 Å². The third kappa shape index (κ3) is 2.13. The van der Waals surface area contributed by atoms with Crippen molar-refractivity contribution in [2.24, 2.45) is 0 Å². The molecule has 1 rings (SSSR count). The molecule has 0 saturated carbocycles. The number of alkyl halides is 3. The van der Waals surface area contributed by atoms with Gasteiger partial charge in [-0.1, -0.05) is 11.6 Å². The van der Waals surface area contributed by atoms with Crippen molar-refractivity contribution >= 4 is 11.6 Å². The molecule has 0 spiro atoms. The summed E-state index contributed by atoms with van der Waals surface area (Å²) in [7, 11) is 0. The zero-order valence-corrected chi connectivity index (χ0v) is 7.27. The average molecular weight is 230 g/mol. The van der Waals surface area contributed by atoms with E-state index in [9.17, 15) is 17.6 Å². The van der Waals surface area contributed by atoms with Gasteiger partial charge in [-0.05, 0) is 6.07 Å². The monoisotopic (exact) mass is 229 g/mol. The van der Waals surface area contributed by atoms with Gasteiger partial charge in [0.25, 0.3) is 0 Å². The van der Waals surface area contributed by atoms with E-state index in [0.717, 1.165) is 12.3 Å².